The maximum atomic E-state index is 12.7. The Morgan fingerprint density at radius 1 is 1.31 bits per heavy atom. The molecule has 16 heavy (non-hydrogen) atoms. The summed E-state index contributed by atoms with van der Waals surface area (Å²) in [6.07, 6.45) is -2.95. The first-order chi connectivity index (χ1) is 7.56. The zero-order chi connectivity index (χ0) is 12.1. The van der Waals surface area contributed by atoms with E-state index in [9.17, 15) is 13.2 Å². The Hall–Kier alpha value is -1.16. The van der Waals surface area contributed by atoms with Crippen LogP contribution in [0.1, 0.15) is 12.5 Å². The van der Waals surface area contributed by atoms with Crippen molar-refractivity contribution in [3.8, 4) is 5.75 Å². The molecule has 1 nitrogen and oxygen atoms in total. The van der Waals surface area contributed by atoms with Gasteiger partial charge in [-0.15, -0.1) is 0 Å². The number of hydrogen-bond acceptors (Lipinski definition) is 1. The summed E-state index contributed by atoms with van der Waals surface area (Å²) in [7, 11) is 0. The van der Waals surface area contributed by atoms with Gasteiger partial charge in [0.25, 0.3) is 6.43 Å². The van der Waals surface area contributed by atoms with E-state index in [0.29, 0.717) is 12.4 Å². The number of benzene rings is 1. The molecule has 1 aromatic carbocycles. The summed E-state index contributed by atoms with van der Waals surface area (Å²) < 4.78 is 42.8. The maximum Gasteiger partial charge on any atom is 0.268 e. The Morgan fingerprint density at radius 2 is 1.88 bits per heavy atom. The van der Waals surface area contributed by atoms with Gasteiger partial charge in [0, 0.05) is 0 Å². The van der Waals surface area contributed by atoms with Gasteiger partial charge < -0.3 is 4.74 Å². The lowest BCUT2D eigenvalue weighted by Gasteiger charge is -2.07. The fraction of sp³-hybridized carbons (Fsp3) is 0.273. The van der Waals surface area contributed by atoms with Gasteiger partial charge in [-0.05, 0) is 24.6 Å². The van der Waals surface area contributed by atoms with Crippen molar-refractivity contribution >= 4 is 17.2 Å². The van der Waals surface area contributed by atoms with Crippen LogP contribution in [0.2, 0.25) is 0 Å². The summed E-state index contributed by atoms with van der Waals surface area (Å²) >= 11 is 4.98. The molecule has 0 aliphatic carbocycles. The number of alkyl halides is 2. The second kappa shape index (κ2) is 5.80. The van der Waals surface area contributed by atoms with Crippen molar-refractivity contribution in [2.75, 3.05) is 6.61 Å². The van der Waals surface area contributed by atoms with E-state index >= 15 is 0 Å². The number of allylic oxidation sites excluding steroid dienone is 1. The van der Waals surface area contributed by atoms with E-state index in [0.717, 1.165) is 0 Å². The second-order valence-electron chi connectivity index (χ2n) is 2.93. The summed E-state index contributed by atoms with van der Waals surface area (Å²) in [5.74, 6) is 0.537. The molecule has 0 spiro atoms. The molecule has 0 heterocycles. The highest BCUT2D eigenvalue weighted by Crippen LogP contribution is 2.29. The third kappa shape index (κ3) is 3.17. The first-order valence-electron chi connectivity index (χ1n) is 4.62. The standard InChI is InChI=1S/C11H10ClF3O/c1-2-16-8-5-3-7(4-6-8)9(10(12)13)11(14)15/h3-6,11H,2H2,1H3. The highest BCUT2D eigenvalue weighted by Gasteiger charge is 2.18. The second-order valence-corrected chi connectivity index (χ2v) is 3.26. The van der Waals surface area contributed by atoms with Crippen LogP contribution in [-0.2, 0) is 0 Å². The quantitative estimate of drug-likeness (QED) is 0.777. The molecule has 0 bridgehead atoms. The van der Waals surface area contributed by atoms with E-state index in [2.05, 4.69) is 0 Å². The van der Waals surface area contributed by atoms with Crippen LogP contribution in [0.25, 0.3) is 5.57 Å². The molecule has 0 aliphatic rings. The predicted octanol–water partition coefficient (Wildman–Crippen LogP) is 4.23. The first kappa shape index (κ1) is 12.9. The lowest BCUT2D eigenvalue weighted by Crippen LogP contribution is -1.98. The summed E-state index contributed by atoms with van der Waals surface area (Å²) in [6, 6.07) is 5.66. The summed E-state index contributed by atoms with van der Waals surface area (Å²) in [6.45, 7) is 2.28. The van der Waals surface area contributed by atoms with Crippen LogP contribution in [0.15, 0.2) is 29.6 Å². The number of rotatable bonds is 4. The average Bonchev–Trinajstić information content (AvgIpc) is 2.20. The molecular formula is C11H10ClF3O. The molecular weight excluding hydrogens is 241 g/mol. The van der Waals surface area contributed by atoms with Gasteiger partial charge >= 0.3 is 0 Å². The van der Waals surface area contributed by atoms with Crippen molar-refractivity contribution in [3.63, 3.8) is 0 Å². The molecule has 0 saturated carbocycles. The maximum absolute atomic E-state index is 12.7. The Bertz CT molecular complexity index is 369. The van der Waals surface area contributed by atoms with E-state index in [-0.39, 0.29) is 5.56 Å². The number of halogens is 4. The Morgan fingerprint density at radius 3 is 2.25 bits per heavy atom. The van der Waals surface area contributed by atoms with Gasteiger partial charge in [-0.2, -0.15) is 4.39 Å². The minimum atomic E-state index is -2.95. The van der Waals surface area contributed by atoms with E-state index in [1.165, 1.54) is 24.3 Å². The van der Waals surface area contributed by atoms with E-state index in [1.807, 2.05) is 0 Å². The van der Waals surface area contributed by atoms with Crippen LogP contribution in [0.4, 0.5) is 13.2 Å². The fourth-order valence-corrected chi connectivity index (χ4v) is 1.41. The van der Waals surface area contributed by atoms with Crippen LogP contribution in [0.3, 0.4) is 0 Å². The Labute approximate surface area is 96.5 Å². The van der Waals surface area contributed by atoms with Gasteiger partial charge in [-0.25, -0.2) is 8.78 Å². The van der Waals surface area contributed by atoms with Gasteiger partial charge in [0.1, 0.15) is 5.75 Å². The SMILES string of the molecule is CCOc1ccc(C(=C(F)Cl)C(F)F)cc1. The molecule has 0 atom stereocenters. The molecule has 0 fully saturated rings. The average molecular weight is 251 g/mol. The van der Waals surface area contributed by atoms with Crippen molar-refractivity contribution < 1.29 is 17.9 Å². The monoisotopic (exact) mass is 250 g/mol. The van der Waals surface area contributed by atoms with Gasteiger partial charge in [0.15, 0.2) is 5.29 Å². The molecule has 1 rings (SSSR count). The zero-order valence-electron chi connectivity index (χ0n) is 8.51. The van der Waals surface area contributed by atoms with Crippen LogP contribution in [0, 0.1) is 0 Å². The van der Waals surface area contributed by atoms with Crippen molar-refractivity contribution in [1.29, 1.82) is 0 Å². The van der Waals surface area contributed by atoms with Crippen molar-refractivity contribution in [1.82, 2.24) is 0 Å². The van der Waals surface area contributed by atoms with Gasteiger partial charge in [-0.3, -0.25) is 0 Å². The van der Waals surface area contributed by atoms with Gasteiger partial charge in [0.05, 0.1) is 12.2 Å². The lowest BCUT2D eigenvalue weighted by atomic mass is 10.1. The largest absolute Gasteiger partial charge is 0.494 e. The lowest BCUT2D eigenvalue weighted by molar-refractivity contribution is 0.213. The van der Waals surface area contributed by atoms with Crippen LogP contribution in [0.5, 0.6) is 5.75 Å². The normalized spacial score (nSPS) is 12.6. The van der Waals surface area contributed by atoms with Gasteiger partial charge in [0.2, 0.25) is 0 Å². The molecule has 0 amide bonds. The molecule has 88 valence electrons. The summed E-state index contributed by atoms with van der Waals surface area (Å²) in [4.78, 5) is 0. The Kier molecular flexibility index (Phi) is 4.68. The van der Waals surface area contributed by atoms with E-state index < -0.39 is 17.3 Å². The molecule has 5 heteroatoms. The summed E-state index contributed by atoms with van der Waals surface area (Å²) in [5, 5.41) is -1.39. The molecule has 1 aromatic rings. The highest BCUT2D eigenvalue weighted by atomic mass is 35.5. The third-order valence-corrected chi connectivity index (χ3v) is 2.10. The molecule has 0 unspecified atom stereocenters. The van der Waals surface area contributed by atoms with Crippen molar-refractivity contribution in [2.24, 2.45) is 0 Å². The highest BCUT2D eigenvalue weighted by molar-refractivity contribution is 6.31. The first-order valence-corrected chi connectivity index (χ1v) is 5.00. The third-order valence-electron chi connectivity index (χ3n) is 1.90. The van der Waals surface area contributed by atoms with Crippen molar-refractivity contribution in [3.05, 3.63) is 35.1 Å². The minimum Gasteiger partial charge on any atom is -0.494 e. The smallest absolute Gasteiger partial charge is 0.268 e. The molecule has 0 radical (unpaired) electrons. The summed E-state index contributed by atoms with van der Waals surface area (Å²) in [5.41, 5.74) is -0.754. The van der Waals surface area contributed by atoms with E-state index in [1.54, 1.807) is 6.92 Å². The molecule has 0 aromatic heterocycles. The number of hydrogen-bond donors (Lipinski definition) is 0. The predicted molar refractivity (Wildman–Crippen MR) is 57.5 cm³/mol. The number of ether oxygens (including phenoxy) is 1. The van der Waals surface area contributed by atoms with E-state index in [4.69, 9.17) is 16.3 Å². The Balaban J connectivity index is 3.00. The van der Waals surface area contributed by atoms with Crippen molar-refractivity contribution in [2.45, 2.75) is 13.3 Å². The topological polar surface area (TPSA) is 9.23 Å². The zero-order valence-corrected chi connectivity index (χ0v) is 9.27. The molecule has 0 aliphatic heterocycles. The van der Waals surface area contributed by atoms with Crippen LogP contribution in [-0.4, -0.2) is 13.0 Å². The molecule has 0 saturated heterocycles. The minimum absolute atomic E-state index is 0.0472. The fourth-order valence-electron chi connectivity index (χ4n) is 1.21. The van der Waals surface area contributed by atoms with Crippen LogP contribution >= 0.6 is 11.6 Å². The van der Waals surface area contributed by atoms with Crippen LogP contribution < -0.4 is 4.74 Å². The van der Waals surface area contributed by atoms with Gasteiger partial charge in [-0.1, -0.05) is 23.7 Å². The molecule has 0 N–H and O–H groups in total.